The first-order valence-electron chi connectivity index (χ1n) is 9.71. The molecule has 0 N–H and O–H groups in total. The molecule has 132 valence electrons. The highest BCUT2D eigenvalue weighted by Crippen LogP contribution is 2.08. The maximum atomic E-state index is 12.4. The van der Waals surface area contributed by atoms with E-state index in [9.17, 15) is 4.79 Å². The van der Waals surface area contributed by atoms with Crippen molar-refractivity contribution in [2.24, 2.45) is 0 Å². The molecule has 0 unspecified atom stereocenters. The van der Waals surface area contributed by atoms with E-state index in [1.165, 1.54) is 64.2 Å². The second-order valence-electron chi connectivity index (χ2n) is 6.57. The van der Waals surface area contributed by atoms with Crippen LogP contribution in [-0.4, -0.2) is 15.0 Å². The molecule has 4 heteroatoms. The number of hydrogen-bond acceptors (Lipinski definition) is 3. The van der Waals surface area contributed by atoms with Gasteiger partial charge in [0.25, 0.3) is 5.56 Å². The molecule has 0 saturated heterocycles. The van der Waals surface area contributed by atoms with Crippen LogP contribution in [0.3, 0.4) is 0 Å². The fraction of sp³-hybridized carbons (Fsp3) is 0.842. The molecule has 0 amide bonds. The van der Waals surface area contributed by atoms with Gasteiger partial charge in [-0.05, 0) is 19.3 Å². The minimum Gasteiger partial charge on any atom is -0.267 e. The van der Waals surface area contributed by atoms with E-state index < -0.39 is 0 Å². The lowest BCUT2D eigenvalue weighted by atomic mass is 10.1. The van der Waals surface area contributed by atoms with Gasteiger partial charge in [-0.15, -0.1) is 5.10 Å². The Hall–Kier alpha value is -1.19. The van der Waals surface area contributed by atoms with Gasteiger partial charge in [0.1, 0.15) is 0 Å². The minimum absolute atomic E-state index is 0.0714. The standard InChI is InChI=1S/C19H35N3O/c1-3-5-7-9-11-13-15-18-17-20-21-22(19(18)23)16-14-12-10-8-6-4-2/h17H,3-16H2,1-2H3. The third kappa shape index (κ3) is 8.87. The lowest BCUT2D eigenvalue weighted by molar-refractivity contribution is 0.482. The molecule has 0 aliphatic carbocycles. The summed E-state index contributed by atoms with van der Waals surface area (Å²) < 4.78 is 1.56. The fourth-order valence-corrected chi connectivity index (χ4v) is 2.87. The smallest absolute Gasteiger partial charge is 0.267 e. The van der Waals surface area contributed by atoms with Gasteiger partial charge in [0.2, 0.25) is 0 Å². The largest absolute Gasteiger partial charge is 0.272 e. The van der Waals surface area contributed by atoms with Crippen LogP contribution in [0.1, 0.15) is 96.5 Å². The van der Waals surface area contributed by atoms with Gasteiger partial charge in [-0.1, -0.05) is 83.3 Å². The predicted octanol–water partition coefficient (Wildman–Crippen LogP) is 4.90. The zero-order valence-electron chi connectivity index (χ0n) is 15.2. The molecule has 0 aliphatic rings. The van der Waals surface area contributed by atoms with E-state index in [-0.39, 0.29) is 5.56 Å². The van der Waals surface area contributed by atoms with Crippen molar-refractivity contribution in [2.45, 2.75) is 104 Å². The van der Waals surface area contributed by atoms with Crippen molar-refractivity contribution >= 4 is 0 Å². The van der Waals surface area contributed by atoms with Crippen LogP contribution in [0.2, 0.25) is 0 Å². The Morgan fingerprint density at radius 3 is 2.04 bits per heavy atom. The average molecular weight is 322 g/mol. The van der Waals surface area contributed by atoms with Crippen LogP contribution < -0.4 is 5.56 Å². The van der Waals surface area contributed by atoms with Gasteiger partial charge in [0.05, 0.1) is 6.20 Å². The third-order valence-electron chi connectivity index (χ3n) is 4.41. The molecule has 0 spiro atoms. The summed E-state index contributed by atoms with van der Waals surface area (Å²) in [5.74, 6) is 0. The Kier molecular flexibility index (Phi) is 11.5. The summed E-state index contributed by atoms with van der Waals surface area (Å²) in [7, 11) is 0. The molecule has 0 radical (unpaired) electrons. The number of rotatable bonds is 14. The van der Waals surface area contributed by atoms with Crippen LogP contribution >= 0.6 is 0 Å². The van der Waals surface area contributed by atoms with Gasteiger partial charge >= 0.3 is 0 Å². The molecular formula is C19H35N3O. The number of aryl methyl sites for hydroxylation is 2. The molecule has 4 nitrogen and oxygen atoms in total. The van der Waals surface area contributed by atoms with Crippen molar-refractivity contribution in [1.29, 1.82) is 0 Å². The first kappa shape index (κ1) is 19.9. The summed E-state index contributed by atoms with van der Waals surface area (Å²) in [4.78, 5) is 12.4. The zero-order chi connectivity index (χ0) is 16.8. The molecule has 0 aliphatic heterocycles. The lowest BCUT2D eigenvalue weighted by Gasteiger charge is -2.06. The van der Waals surface area contributed by atoms with Crippen LogP contribution in [0.5, 0.6) is 0 Å². The van der Waals surface area contributed by atoms with E-state index in [1.54, 1.807) is 10.9 Å². The first-order valence-corrected chi connectivity index (χ1v) is 9.71. The summed E-state index contributed by atoms with van der Waals surface area (Å²) in [6.45, 7) is 5.17. The highest BCUT2D eigenvalue weighted by molar-refractivity contribution is 5.02. The Labute approximate surface area is 141 Å². The molecule has 1 rings (SSSR count). The second-order valence-corrected chi connectivity index (χ2v) is 6.57. The SMILES string of the molecule is CCCCCCCCc1cnnn(CCCCCCCC)c1=O. The van der Waals surface area contributed by atoms with E-state index >= 15 is 0 Å². The predicted molar refractivity (Wildman–Crippen MR) is 96.7 cm³/mol. The van der Waals surface area contributed by atoms with Crippen LogP contribution in [0.25, 0.3) is 0 Å². The van der Waals surface area contributed by atoms with Gasteiger partial charge < -0.3 is 0 Å². The Balaban J connectivity index is 2.29. The van der Waals surface area contributed by atoms with Gasteiger partial charge in [0, 0.05) is 12.1 Å². The molecule has 0 saturated carbocycles. The van der Waals surface area contributed by atoms with Crippen molar-refractivity contribution in [3.05, 3.63) is 22.1 Å². The number of aromatic nitrogens is 3. The molecule has 23 heavy (non-hydrogen) atoms. The summed E-state index contributed by atoms with van der Waals surface area (Å²) in [5, 5.41) is 8.01. The van der Waals surface area contributed by atoms with Crippen molar-refractivity contribution in [2.75, 3.05) is 0 Å². The van der Waals surface area contributed by atoms with Gasteiger partial charge in [-0.3, -0.25) is 4.79 Å². The quantitative estimate of drug-likeness (QED) is 0.458. The van der Waals surface area contributed by atoms with E-state index in [0.717, 1.165) is 24.8 Å². The van der Waals surface area contributed by atoms with Crippen LogP contribution in [-0.2, 0) is 13.0 Å². The highest BCUT2D eigenvalue weighted by Gasteiger charge is 2.05. The maximum Gasteiger partial charge on any atom is 0.272 e. The molecule has 1 aromatic heterocycles. The third-order valence-corrected chi connectivity index (χ3v) is 4.41. The monoisotopic (exact) mass is 321 g/mol. The molecule has 0 atom stereocenters. The Bertz CT molecular complexity index is 419. The number of hydrogen-bond donors (Lipinski definition) is 0. The zero-order valence-corrected chi connectivity index (χ0v) is 15.2. The summed E-state index contributed by atoms with van der Waals surface area (Å²) in [6.07, 6.45) is 17.3. The molecule has 1 heterocycles. The van der Waals surface area contributed by atoms with Crippen molar-refractivity contribution in [1.82, 2.24) is 15.0 Å². The highest BCUT2D eigenvalue weighted by atomic mass is 16.1. The molecule has 1 aromatic rings. The molecule has 0 bridgehead atoms. The Morgan fingerprint density at radius 2 is 1.39 bits per heavy atom. The molecule has 0 fully saturated rings. The van der Waals surface area contributed by atoms with Crippen LogP contribution in [0, 0.1) is 0 Å². The van der Waals surface area contributed by atoms with Crippen molar-refractivity contribution in [3.63, 3.8) is 0 Å². The van der Waals surface area contributed by atoms with Gasteiger partial charge in [0.15, 0.2) is 0 Å². The average Bonchev–Trinajstić information content (AvgIpc) is 2.56. The summed E-state index contributed by atoms with van der Waals surface area (Å²) >= 11 is 0. The van der Waals surface area contributed by atoms with Gasteiger partial charge in [-0.25, -0.2) is 4.68 Å². The topological polar surface area (TPSA) is 47.8 Å². The van der Waals surface area contributed by atoms with Crippen LogP contribution in [0.15, 0.2) is 11.0 Å². The lowest BCUT2D eigenvalue weighted by Crippen LogP contribution is -2.27. The molecule has 0 aromatic carbocycles. The number of nitrogens with zero attached hydrogens (tertiary/aromatic N) is 3. The normalized spacial score (nSPS) is 11.0. The van der Waals surface area contributed by atoms with Gasteiger partial charge in [-0.2, -0.15) is 0 Å². The van der Waals surface area contributed by atoms with Crippen molar-refractivity contribution in [3.8, 4) is 0 Å². The second kappa shape index (κ2) is 13.3. The maximum absolute atomic E-state index is 12.4. The molecular weight excluding hydrogens is 286 g/mol. The van der Waals surface area contributed by atoms with E-state index in [0.29, 0.717) is 6.54 Å². The minimum atomic E-state index is 0.0714. The first-order chi connectivity index (χ1) is 11.3. The van der Waals surface area contributed by atoms with E-state index in [1.807, 2.05) is 0 Å². The number of unbranched alkanes of at least 4 members (excludes halogenated alkanes) is 10. The summed E-state index contributed by atoms with van der Waals surface area (Å²) in [6, 6.07) is 0. The van der Waals surface area contributed by atoms with Crippen molar-refractivity contribution < 1.29 is 0 Å². The van der Waals surface area contributed by atoms with E-state index in [2.05, 4.69) is 24.2 Å². The Morgan fingerprint density at radius 1 is 0.826 bits per heavy atom. The van der Waals surface area contributed by atoms with Crippen LogP contribution in [0.4, 0.5) is 0 Å². The fourth-order valence-electron chi connectivity index (χ4n) is 2.87. The van der Waals surface area contributed by atoms with E-state index in [4.69, 9.17) is 0 Å². The summed E-state index contributed by atoms with van der Waals surface area (Å²) in [5.41, 5.74) is 0.906.